The lowest BCUT2D eigenvalue weighted by Crippen LogP contribution is -2.32. The van der Waals surface area contributed by atoms with Crippen molar-refractivity contribution in [2.45, 2.75) is 19.8 Å². The number of hydrogen-bond donors (Lipinski definition) is 0. The van der Waals surface area contributed by atoms with Gasteiger partial charge in [0.1, 0.15) is 0 Å². The van der Waals surface area contributed by atoms with Gasteiger partial charge in [-0.15, -0.1) is 5.10 Å². The summed E-state index contributed by atoms with van der Waals surface area (Å²) in [7, 11) is 1.61. The minimum Gasteiger partial charge on any atom is -0.452 e. The van der Waals surface area contributed by atoms with Crippen LogP contribution in [0, 0.1) is 10.1 Å². The number of para-hydroxylation sites is 2. The maximum absolute atomic E-state index is 13.2. The van der Waals surface area contributed by atoms with E-state index in [9.17, 15) is 19.7 Å². The standard InChI is InChI=1S/C23H16N6O5S2/c1-27-23(24-25-26-27)36-20-11-10-14(12-17(20)29(32)33)22(31)34-13-21(30)28-15-6-2-4-8-18(15)35-19-9-5-3-7-16(19)28/h2-12H,13H2,1H3. The molecule has 0 spiro atoms. The van der Waals surface area contributed by atoms with Crippen LogP contribution in [0.3, 0.4) is 0 Å². The fraction of sp³-hybridized carbons (Fsp3) is 0.0870. The number of esters is 1. The van der Waals surface area contributed by atoms with Gasteiger partial charge < -0.3 is 4.74 Å². The first-order valence-electron chi connectivity index (χ1n) is 10.5. The number of amides is 1. The first-order valence-corrected chi connectivity index (χ1v) is 12.1. The van der Waals surface area contributed by atoms with Crippen molar-refractivity contribution in [3.05, 3.63) is 82.4 Å². The van der Waals surface area contributed by atoms with Crippen LogP contribution in [0.25, 0.3) is 0 Å². The molecule has 0 aliphatic carbocycles. The van der Waals surface area contributed by atoms with Gasteiger partial charge in [-0.3, -0.25) is 19.8 Å². The smallest absolute Gasteiger partial charge is 0.338 e. The van der Waals surface area contributed by atoms with Gasteiger partial charge in [0.15, 0.2) is 6.61 Å². The van der Waals surface area contributed by atoms with E-state index in [-0.39, 0.29) is 16.1 Å². The van der Waals surface area contributed by atoms with Crippen LogP contribution in [0.1, 0.15) is 10.4 Å². The Balaban J connectivity index is 1.34. The zero-order valence-corrected chi connectivity index (χ0v) is 20.2. The van der Waals surface area contributed by atoms with Crippen LogP contribution < -0.4 is 4.90 Å². The van der Waals surface area contributed by atoms with E-state index in [1.165, 1.54) is 21.7 Å². The molecule has 1 aliphatic heterocycles. The molecule has 0 atom stereocenters. The van der Waals surface area contributed by atoms with Crippen LogP contribution in [0.15, 0.2) is 86.6 Å². The van der Waals surface area contributed by atoms with Gasteiger partial charge in [0.2, 0.25) is 5.16 Å². The number of anilines is 2. The second-order valence-corrected chi connectivity index (χ2v) is 9.56. The number of nitro benzene ring substituents is 1. The van der Waals surface area contributed by atoms with Gasteiger partial charge in [0.05, 0.1) is 26.8 Å². The third-order valence-corrected chi connectivity index (χ3v) is 7.41. The van der Waals surface area contributed by atoms with Crippen LogP contribution in [0.4, 0.5) is 17.1 Å². The topological polar surface area (TPSA) is 133 Å². The molecule has 1 amide bonds. The number of ether oxygens (including phenoxy) is 1. The summed E-state index contributed by atoms with van der Waals surface area (Å²) in [4.78, 5) is 40.5. The largest absolute Gasteiger partial charge is 0.452 e. The predicted octanol–water partition coefficient (Wildman–Crippen LogP) is 4.26. The highest BCUT2D eigenvalue weighted by Crippen LogP contribution is 2.47. The van der Waals surface area contributed by atoms with Crippen LogP contribution in [0.5, 0.6) is 0 Å². The number of aryl methyl sites for hydroxylation is 1. The molecular weight excluding hydrogens is 504 g/mol. The number of fused-ring (bicyclic) bond motifs is 2. The Morgan fingerprint density at radius 1 is 1.06 bits per heavy atom. The fourth-order valence-electron chi connectivity index (χ4n) is 3.53. The summed E-state index contributed by atoms with van der Waals surface area (Å²) in [6, 6.07) is 18.8. The number of carbonyl (C=O) groups excluding carboxylic acids is 2. The summed E-state index contributed by atoms with van der Waals surface area (Å²) in [5.74, 6) is -1.30. The summed E-state index contributed by atoms with van der Waals surface area (Å²) in [6.07, 6.45) is 0. The molecule has 0 fully saturated rings. The molecule has 5 rings (SSSR count). The normalized spacial score (nSPS) is 12.0. The Morgan fingerprint density at radius 3 is 2.33 bits per heavy atom. The van der Waals surface area contributed by atoms with Gasteiger partial charge in [0, 0.05) is 22.9 Å². The van der Waals surface area contributed by atoms with E-state index in [0.717, 1.165) is 27.6 Å². The van der Waals surface area contributed by atoms with Gasteiger partial charge in [0.25, 0.3) is 11.6 Å². The molecule has 1 aliphatic rings. The maximum Gasteiger partial charge on any atom is 0.338 e. The summed E-state index contributed by atoms with van der Waals surface area (Å²) in [5.41, 5.74) is 1.03. The molecule has 11 nitrogen and oxygen atoms in total. The van der Waals surface area contributed by atoms with Crippen molar-refractivity contribution in [2.75, 3.05) is 11.5 Å². The molecule has 13 heteroatoms. The number of rotatable bonds is 6. The molecule has 180 valence electrons. The molecule has 0 N–H and O–H groups in total. The minimum absolute atomic E-state index is 0.0510. The minimum atomic E-state index is -0.851. The van der Waals surface area contributed by atoms with E-state index in [2.05, 4.69) is 15.5 Å². The molecular formula is C23H16N6O5S2. The molecule has 0 saturated heterocycles. The zero-order valence-electron chi connectivity index (χ0n) is 18.6. The first-order chi connectivity index (χ1) is 17.4. The van der Waals surface area contributed by atoms with Gasteiger partial charge in [-0.1, -0.05) is 36.0 Å². The average Bonchev–Trinajstić information content (AvgIpc) is 3.29. The van der Waals surface area contributed by atoms with Crippen LogP contribution in [-0.2, 0) is 16.6 Å². The molecule has 0 unspecified atom stereocenters. The lowest BCUT2D eigenvalue weighted by atomic mass is 10.2. The molecule has 0 bridgehead atoms. The quantitative estimate of drug-likeness (QED) is 0.206. The van der Waals surface area contributed by atoms with E-state index in [4.69, 9.17) is 4.74 Å². The second-order valence-electron chi connectivity index (χ2n) is 7.47. The van der Waals surface area contributed by atoms with Crippen molar-refractivity contribution in [3.63, 3.8) is 0 Å². The molecule has 4 aromatic rings. The monoisotopic (exact) mass is 520 g/mol. The van der Waals surface area contributed by atoms with Crippen molar-refractivity contribution in [3.8, 4) is 0 Å². The fourth-order valence-corrected chi connectivity index (χ4v) is 5.40. The molecule has 1 aromatic heterocycles. The number of tetrazole rings is 1. The molecule has 0 radical (unpaired) electrons. The maximum atomic E-state index is 13.2. The molecule has 0 saturated carbocycles. The van der Waals surface area contributed by atoms with Crippen LogP contribution in [0.2, 0.25) is 0 Å². The summed E-state index contributed by atoms with van der Waals surface area (Å²) < 4.78 is 6.64. The lowest BCUT2D eigenvalue weighted by molar-refractivity contribution is -0.387. The molecule has 36 heavy (non-hydrogen) atoms. The van der Waals surface area contributed by atoms with Crippen molar-refractivity contribution in [1.29, 1.82) is 0 Å². The predicted molar refractivity (Wildman–Crippen MR) is 130 cm³/mol. The molecule has 2 heterocycles. The summed E-state index contributed by atoms with van der Waals surface area (Å²) in [5, 5.41) is 23.0. The lowest BCUT2D eigenvalue weighted by Gasteiger charge is -2.30. The highest BCUT2D eigenvalue weighted by atomic mass is 32.2. The third kappa shape index (κ3) is 4.53. The third-order valence-electron chi connectivity index (χ3n) is 5.18. The van der Waals surface area contributed by atoms with Crippen molar-refractivity contribution >= 4 is 52.5 Å². The average molecular weight is 521 g/mol. The van der Waals surface area contributed by atoms with Gasteiger partial charge in [-0.2, -0.15) is 0 Å². The van der Waals surface area contributed by atoms with E-state index >= 15 is 0 Å². The SMILES string of the molecule is Cn1nnnc1Sc1ccc(C(=O)OCC(=O)N2c3ccccc3Sc3ccccc32)cc1[N+](=O)[O-]. The summed E-state index contributed by atoms with van der Waals surface area (Å²) in [6.45, 7) is -0.541. The van der Waals surface area contributed by atoms with Crippen molar-refractivity contribution < 1.29 is 19.2 Å². The van der Waals surface area contributed by atoms with Crippen LogP contribution >= 0.6 is 23.5 Å². The number of aromatic nitrogens is 4. The van der Waals surface area contributed by atoms with E-state index in [1.807, 2.05) is 48.5 Å². The Hall–Kier alpha value is -4.23. The Kier molecular flexibility index (Phi) is 6.40. The van der Waals surface area contributed by atoms with E-state index in [0.29, 0.717) is 16.5 Å². The zero-order chi connectivity index (χ0) is 25.2. The summed E-state index contributed by atoms with van der Waals surface area (Å²) >= 11 is 2.54. The van der Waals surface area contributed by atoms with E-state index in [1.54, 1.807) is 18.8 Å². The number of nitrogens with zero attached hydrogens (tertiary/aromatic N) is 6. The van der Waals surface area contributed by atoms with Gasteiger partial charge in [-0.05, 0) is 58.6 Å². The van der Waals surface area contributed by atoms with Gasteiger partial charge >= 0.3 is 5.97 Å². The van der Waals surface area contributed by atoms with Gasteiger partial charge in [-0.25, -0.2) is 9.48 Å². The highest BCUT2D eigenvalue weighted by Gasteiger charge is 2.29. The molecule has 3 aromatic carbocycles. The van der Waals surface area contributed by atoms with Crippen molar-refractivity contribution in [2.24, 2.45) is 7.05 Å². The van der Waals surface area contributed by atoms with Crippen molar-refractivity contribution in [1.82, 2.24) is 20.2 Å². The second kappa shape index (κ2) is 9.79. The van der Waals surface area contributed by atoms with E-state index < -0.39 is 23.4 Å². The Bertz CT molecular complexity index is 1460. The highest BCUT2D eigenvalue weighted by molar-refractivity contribution is 7.99. The number of hydrogen-bond acceptors (Lipinski definition) is 10. The Morgan fingerprint density at radius 2 is 1.72 bits per heavy atom. The number of carbonyl (C=O) groups is 2. The first kappa shape index (κ1) is 23.5. The number of benzene rings is 3. The van der Waals surface area contributed by atoms with Crippen LogP contribution in [-0.4, -0.2) is 43.6 Å². The Labute approximate surface area is 212 Å². The number of nitro groups is 1.